The van der Waals surface area contributed by atoms with Gasteiger partial charge in [-0.15, -0.1) is 0 Å². The zero-order valence-corrected chi connectivity index (χ0v) is 17.3. The highest BCUT2D eigenvalue weighted by Gasteiger charge is 2.26. The number of nitro groups is 1. The largest absolute Gasteiger partial charge is 0.353 e. The standard InChI is InChI=1S/C21H22N6O4/c1-3-16-13-19(23-20(22-16)15-4-6-17(7-5-15)27(29)30)25-8-10-26(11-9-25)21(28)18-12-14(2)24-31-18/h4-7,12-13H,3,8-11H2,1-2H3. The van der Waals surface area contributed by atoms with Crippen molar-refractivity contribution in [3.63, 3.8) is 0 Å². The van der Waals surface area contributed by atoms with Crippen molar-refractivity contribution in [3.8, 4) is 11.4 Å². The third-order valence-corrected chi connectivity index (χ3v) is 5.19. The van der Waals surface area contributed by atoms with Crippen molar-refractivity contribution in [2.75, 3.05) is 31.1 Å². The first-order chi connectivity index (χ1) is 14.9. The maximum atomic E-state index is 12.6. The van der Waals surface area contributed by atoms with Crippen LogP contribution in [0.2, 0.25) is 0 Å². The van der Waals surface area contributed by atoms with E-state index in [1.54, 1.807) is 30.0 Å². The van der Waals surface area contributed by atoms with E-state index in [9.17, 15) is 14.9 Å². The molecule has 0 spiro atoms. The number of carbonyl (C=O) groups is 1. The molecule has 0 radical (unpaired) electrons. The summed E-state index contributed by atoms with van der Waals surface area (Å²) in [5.74, 6) is 1.40. The zero-order valence-electron chi connectivity index (χ0n) is 17.3. The Bertz CT molecular complexity index is 1100. The molecule has 1 amide bonds. The normalized spacial score (nSPS) is 14.0. The van der Waals surface area contributed by atoms with E-state index in [0.29, 0.717) is 37.7 Å². The fraction of sp³-hybridized carbons (Fsp3) is 0.333. The molecule has 160 valence electrons. The monoisotopic (exact) mass is 422 g/mol. The van der Waals surface area contributed by atoms with Crippen LogP contribution in [0.4, 0.5) is 11.5 Å². The van der Waals surface area contributed by atoms with Crippen molar-refractivity contribution < 1.29 is 14.2 Å². The Morgan fingerprint density at radius 3 is 2.42 bits per heavy atom. The van der Waals surface area contributed by atoms with Gasteiger partial charge in [0.05, 0.1) is 10.6 Å². The van der Waals surface area contributed by atoms with Gasteiger partial charge in [-0.2, -0.15) is 0 Å². The number of hydrogen-bond acceptors (Lipinski definition) is 8. The summed E-state index contributed by atoms with van der Waals surface area (Å²) in [5.41, 5.74) is 2.30. The molecule has 1 aliphatic rings. The van der Waals surface area contributed by atoms with Crippen molar-refractivity contribution >= 4 is 17.4 Å². The highest BCUT2D eigenvalue weighted by molar-refractivity contribution is 5.91. The molecule has 1 aromatic carbocycles. The van der Waals surface area contributed by atoms with Crippen molar-refractivity contribution in [2.45, 2.75) is 20.3 Å². The number of aryl methyl sites for hydroxylation is 2. The van der Waals surface area contributed by atoms with Gasteiger partial charge < -0.3 is 14.3 Å². The lowest BCUT2D eigenvalue weighted by Gasteiger charge is -2.35. The molecule has 3 heterocycles. The number of non-ortho nitro benzene ring substituents is 1. The maximum Gasteiger partial charge on any atom is 0.292 e. The molecule has 0 aliphatic carbocycles. The Morgan fingerprint density at radius 1 is 1.13 bits per heavy atom. The summed E-state index contributed by atoms with van der Waals surface area (Å²) in [6.45, 7) is 6.12. The van der Waals surface area contributed by atoms with Gasteiger partial charge in [-0.25, -0.2) is 9.97 Å². The number of benzene rings is 1. The molecule has 3 aromatic rings. The number of piperazine rings is 1. The average molecular weight is 422 g/mol. The highest BCUT2D eigenvalue weighted by Crippen LogP contribution is 2.24. The van der Waals surface area contributed by atoms with Crippen molar-refractivity contribution in [1.29, 1.82) is 0 Å². The summed E-state index contributed by atoms with van der Waals surface area (Å²) >= 11 is 0. The molecular formula is C21H22N6O4. The van der Waals surface area contributed by atoms with Gasteiger partial charge in [0, 0.05) is 61.7 Å². The maximum absolute atomic E-state index is 12.6. The summed E-state index contributed by atoms with van der Waals surface area (Å²) in [5, 5.41) is 14.7. The number of aromatic nitrogens is 3. The van der Waals surface area contributed by atoms with E-state index in [1.807, 2.05) is 13.0 Å². The van der Waals surface area contributed by atoms with E-state index in [0.717, 1.165) is 23.5 Å². The second-order valence-electron chi connectivity index (χ2n) is 7.31. The van der Waals surface area contributed by atoms with Crippen molar-refractivity contribution in [1.82, 2.24) is 20.0 Å². The molecule has 0 unspecified atom stereocenters. The predicted molar refractivity (Wildman–Crippen MR) is 113 cm³/mol. The van der Waals surface area contributed by atoms with E-state index in [4.69, 9.17) is 9.51 Å². The summed E-state index contributed by atoms with van der Waals surface area (Å²) in [4.78, 5) is 36.2. The molecule has 2 aromatic heterocycles. The Hall–Kier alpha value is -3.82. The van der Waals surface area contributed by atoms with E-state index in [2.05, 4.69) is 15.0 Å². The fourth-order valence-electron chi connectivity index (χ4n) is 3.45. The Morgan fingerprint density at radius 2 is 1.84 bits per heavy atom. The quantitative estimate of drug-likeness (QED) is 0.455. The van der Waals surface area contributed by atoms with E-state index >= 15 is 0 Å². The van der Waals surface area contributed by atoms with Gasteiger partial charge in [0.15, 0.2) is 5.82 Å². The van der Waals surface area contributed by atoms with Crippen LogP contribution in [0.1, 0.15) is 28.9 Å². The summed E-state index contributed by atoms with van der Waals surface area (Å²) < 4.78 is 5.09. The van der Waals surface area contributed by atoms with E-state index < -0.39 is 4.92 Å². The smallest absolute Gasteiger partial charge is 0.292 e. The third kappa shape index (κ3) is 4.37. The predicted octanol–water partition coefficient (Wildman–Crippen LogP) is 2.87. The summed E-state index contributed by atoms with van der Waals surface area (Å²) in [7, 11) is 0. The molecule has 1 fully saturated rings. The second kappa shape index (κ2) is 8.50. The number of nitro benzene ring substituents is 1. The van der Waals surface area contributed by atoms with Crippen LogP contribution in [0, 0.1) is 17.0 Å². The van der Waals surface area contributed by atoms with Crippen molar-refractivity contribution in [2.24, 2.45) is 0 Å². The number of hydrogen-bond donors (Lipinski definition) is 0. The average Bonchev–Trinajstić information content (AvgIpc) is 3.24. The van der Waals surface area contributed by atoms with Crippen LogP contribution in [0.3, 0.4) is 0 Å². The second-order valence-corrected chi connectivity index (χ2v) is 7.31. The topological polar surface area (TPSA) is 119 Å². The van der Waals surface area contributed by atoms with Gasteiger partial charge in [0.2, 0.25) is 5.76 Å². The number of rotatable bonds is 5. The first kappa shape index (κ1) is 20.5. The Balaban J connectivity index is 1.51. The van der Waals surface area contributed by atoms with E-state index in [-0.39, 0.29) is 17.4 Å². The molecular weight excluding hydrogens is 400 g/mol. The van der Waals surface area contributed by atoms with Gasteiger partial charge in [-0.1, -0.05) is 12.1 Å². The molecule has 31 heavy (non-hydrogen) atoms. The van der Waals surface area contributed by atoms with Crippen LogP contribution >= 0.6 is 0 Å². The lowest BCUT2D eigenvalue weighted by Crippen LogP contribution is -2.49. The van der Waals surface area contributed by atoms with Gasteiger partial charge in [-0.05, 0) is 25.5 Å². The van der Waals surface area contributed by atoms with Crippen LogP contribution in [-0.4, -0.2) is 57.0 Å². The number of nitrogens with zero attached hydrogens (tertiary/aromatic N) is 6. The van der Waals surface area contributed by atoms with Crippen LogP contribution in [-0.2, 0) is 6.42 Å². The molecule has 4 rings (SSSR count). The molecule has 0 saturated carbocycles. The molecule has 10 nitrogen and oxygen atoms in total. The molecule has 10 heteroatoms. The number of carbonyl (C=O) groups excluding carboxylic acids is 1. The summed E-state index contributed by atoms with van der Waals surface area (Å²) in [6.07, 6.45) is 0.735. The van der Waals surface area contributed by atoms with Crippen LogP contribution in [0.5, 0.6) is 0 Å². The fourth-order valence-corrected chi connectivity index (χ4v) is 3.45. The number of amides is 1. The lowest BCUT2D eigenvalue weighted by atomic mass is 10.2. The molecule has 0 atom stereocenters. The van der Waals surface area contributed by atoms with Gasteiger partial charge in [0.1, 0.15) is 5.82 Å². The molecule has 1 aliphatic heterocycles. The minimum atomic E-state index is -0.431. The van der Waals surface area contributed by atoms with Crippen molar-refractivity contribution in [3.05, 3.63) is 63.7 Å². The molecule has 0 N–H and O–H groups in total. The minimum absolute atomic E-state index is 0.0263. The first-order valence-electron chi connectivity index (χ1n) is 10.0. The minimum Gasteiger partial charge on any atom is -0.353 e. The number of anilines is 1. The van der Waals surface area contributed by atoms with Gasteiger partial charge in [0.25, 0.3) is 11.6 Å². The van der Waals surface area contributed by atoms with Gasteiger partial charge >= 0.3 is 0 Å². The molecule has 1 saturated heterocycles. The summed E-state index contributed by atoms with van der Waals surface area (Å²) in [6, 6.07) is 9.81. The van der Waals surface area contributed by atoms with Crippen LogP contribution < -0.4 is 4.90 Å². The van der Waals surface area contributed by atoms with Crippen LogP contribution in [0.25, 0.3) is 11.4 Å². The first-order valence-corrected chi connectivity index (χ1v) is 10.0. The highest BCUT2D eigenvalue weighted by atomic mass is 16.6. The van der Waals surface area contributed by atoms with Gasteiger partial charge in [-0.3, -0.25) is 14.9 Å². The zero-order chi connectivity index (χ0) is 22.0. The lowest BCUT2D eigenvalue weighted by molar-refractivity contribution is -0.384. The Kier molecular flexibility index (Phi) is 5.61. The van der Waals surface area contributed by atoms with Crippen LogP contribution in [0.15, 0.2) is 40.9 Å². The Labute approximate surface area is 178 Å². The SMILES string of the molecule is CCc1cc(N2CCN(C(=O)c3cc(C)no3)CC2)nc(-c2ccc([N+](=O)[O-])cc2)n1. The molecule has 0 bridgehead atoms. The van der Waals surface area contributed by atoms with E-state index in [1.165, 1.54) is 12.1 Å². The third-order valence-electron chi connectivity index (χ3n) is 5.19.